The molecule has 1 atom stereocenters. The number of aryl methyl sites for hydroxylation is 1. The lowest BCUT2D eigenvalue weighted by Crippen LogP contribution is -2.25. The molecule has 0 saturated carbocycles. The molecule has 82 valence electrons. The van der Waals surface area contributed by atoms with Gasteiger partial charge in [0.25, 0.3) is 0 Å². The van der Waals surface area contributed by atoms with E-state index in [1.54, 1.807) is 13.8 Å². The van der Waals surface area contributed by atoms with Gasteiger partial charge in [0.05, 0.1) is 7.11 Å². The lowest BCUT2D eigenvalue weighted by molar-refractivity contribution is -0.147. The maximum atomic E-state index is 12.8. The van der Waals surface area contributed by atoms with Crippen LogP contribution in [0.3, 0.4) is 0 Å². The van der Waals surface area contributed by atoms with Crippen LogP contribution in [0, 0.1) is 12.7 Å². The van der Waals surface area contributed by atoms with E-state index < -0.39 is 12.1 Å². The van der Waals surface area contributed by atoms with E-state index in [2.05, 4.69) is 4.74 Å². The van der Waals surface area contributed by atoms with Crippen molar-refractivity contribution in [1.29, 1.82) is 0 Å². The van der Waals surface area contributed by atoms with Crippen LogP contribution in [-0.2, 0) is 9.53 Å². The Hall–Kier alpha value is -1.58. The summed E-state index contributed by atoms with van der Waals surface area (Å²) in [6.45, 7) is 3.29. The van der Waals surface area contributed by atoms with Gasteiger partial charge in [-0.05, 0) is 37.6 Å². The van der Waals surface area contributed by atoms with E-state index in [1.807, 2.05) is 0 Å². The predicted octanol–water partition coefficient (Wildman–Crippen LogP) is 2.07. The first-order valence-electron chi connectivity index (χ1n) is 4.55. The smallest absolute Gasteiger partial charge is 0.346 e. The molecule has 0 aliphatic carbocycles. The first kappa shape index (κ1) is 11.5. The fourth-order valence-electron chi connectivity index (χ4n) is 1.15. The van der Waals surface area contributed by atoms with E-state index in [1.165, 1.54) is 25.3 Å². The maximum Gasteiger partial charge on any atom is 0.346 e. The van der Waals surface area contributed by atoms with Gasteiger partial charge in [-0.1, -0.05) is 0 Å². The average molecular weight is 212 g/mol. The molecule has 4 heteroatoms. The van der Waals surface area contributed by atoms with E-state index in [-0.39, 0.29) is 5.82 Å². The van der Waals surface area contributed by atoms with Gasteiger partial charge in [-0.15, -0.1) is 0 Å². The van der Waals surface area contributed by atoms with Crippen molar-refractivity contribution in [2.75, 3.05) is 7.11 Å². The second-order valence-electron chi connectivity index (χ2n) is 3.19. The van der Waals surface area contributed by atoms with E-state index >= 15 is 0 Å². The van der Waals surface area contributed by atoms with Gasteiger partial charge in [0.15, 0.2) is 6.10 Å². The van der Waals surface area contributed by atoms with Crippen LogP contribution >= 0.6 is 0 Å². The molecule has 3 nitrogen and oxygen atoms in total. The summed E-state index contributed by atoms with van der Waals surface area (Å²) in [5.41, 5.74) is 0.644. The molecule has 0 aliphatic rings. The number of benzene rings is 1. The predicted molar refractivity (Wildman–Crippen MR) is 53.2 cm³/mol. The van der Waals surface area contributed by atoms with Crippen molar-refractivity contribution >= 4 is 5.97 Å². The third-order valence-electron chi connectivity index (χ3n) is 1.97. The minimum Gasteiger partial charge on any atom is -0.479 e. The van der Waals surface area contributed by atoms with Gasteiger partial charge in [-0.3, -0.25) is 0 Å². The number of rotatable bonds is 3. The van der Waals surface area contributed by atoms with E-state index in [9.17, 15) is 9.18 Å². The molecule has 1 aromatic carbocycles. The van der Waals surface area contributed by atoms with Crippen LogP contribution in [0.2, 0.25) is 0 Å². The van der Waals surface area contributed by atoms with Gasteiger partial charge in [0.1, 0.15) is 11.6 Å². The highest BCUT2D eigenvalue weighted by Crippen LogP contribution is 2.19. The largest absolute Gasteiger partial charge is 0.479 e. The highest BCUT2D eigenvalue weighted by atomic mass is 19.1. The molecule has 0 aliphatic heterocycles. The average Bonchev–Trinajstić information content (AvgIpc) is 2.20. The van der Waals surface area contributed by atoms with Crippen LogP contribution in [0.15, 0.2) is 18.2 Å². The van der Waals surface area contributed by atoms with Gasteiger partial charge < -0.3 is 9.47 Å². The Bertz CT molecular complexity index is 363. The zero-order valence-corrected chi connectivity index (χ0v) is 8.91. The summed E-state index contributed by atoms with van der Waals surface area (Å²) in [5, 5.41) is 0. The second-order valence-corrected chi connectivity index (χ2v) is 3.19. The third-order valence-corrected chi connectivity index (χ3v) is 1.97. The van der Waals surface area contributed by atoms with Crippen LogP contribution in [0.1, 0.15) is 12.5 Å². The second kappa shape index (κ2) is 4.77. The van der Waals surface area contributed by atoms with Crippen molar-refractivity contribution in [1.82, 2.24) is 0 Å². The normalized spacial score (nSPS) is 12.0. The van der Waals surface area contributed by atoms with Crippen molar-refractivity contribution in [2.24, 2.45) is 0 Å². The number of carbonyl (C=O) groups excluding carboxylic acids is 1. The Morgan fingerprint density at radius 1 is 1.47 bits per heavy atom. The van der Waals surface area contributed by atoms with Crippen LogP contribution in [0.5, 0.6) is 5.75 Å². The molecule has 0 radical (unpaired) electrons. The molecule has 0 bridgehead atoms. The molecular weight excluding hydrogens is 199 g/mol. The zero-order valence-electron chi connectivity index (χ0n) is 8.91. The van der Waals surface area contributed by atoms with Crippen molar-refractivity contribution in [3.05, 3.63) is 29.6 Å². The fraction of sp³-hybridized carbons (Fsp3) is 0.364. The minimum absolute atomic E-state index is 0.328. The highest BCUT2D eigenvalue weighted by molar-refractivity contribution is 5.74. The molecule has 15 heavy (non-hydrogen) atoms. The van der Waals surface area contributed by atoms with E-state index in [4.69, 9.17) is 4.74 Å². The quantitative estimate of drug-likeness (QED) is 0.719. The fourth-order valence-corrected chi connectivity index (χ4v) is 1.15. The molecule has 0 amide bonds. The summed E-state index contributed by atoms with van der Waals surface area (Å²) in [6, 6.07) is 4.12. The monoisotopic (exact) mass is 212 g/mol. The lowest BCUT2D eigenvalue weighted by Gasteiger charge is -2.14. The number of ether oxygens (including phenoxy) is 2. The Kier molecular flexibility index (Phi) is 3.66. The van der Waals surface area contributed by atoms with Gasteiger partial charge in [-0.25, -0.2) is 9.18 Å². The van der Waals surface area contributed by atoms with Crippen molar-refractivity contribution < 1.29 is 18.7 Å². The van der Waals surface area contributed by atoms with Gasteiger partial charge >= 0.3 is 5.97 Å². The van der Waals surface area contributed by atoms with Crippen LogP contribution in [0.4, 0.5) is 4.39 Å². The number of esters is 1. The lowest BCUT2D eigenvalue weighted by atomic mass is 10.2. The molecule has 1 unspecified atom stereocenters. The van der Waals surface area contributed by atoms with Crippen LogP contribution < -0.4 is 4.74 Å². The molecule has 1 rings (SSSR count). The molecule has 1 aromatic rings. The molecule has 0 aromatic heterocycles. The summed E-state index contributed by atoms with van der Waals surface area (Å²) in [7, 11) is 1.29. The Morgan fingerprint density at radius 3 is 2.67 bits per heavy atom. The van der Waals surface area contributed by atoms with Crippen LogP contribution in [0.25, 0.3) is 0 Å². The van der Waals surface area contributed by atoms with Gasteiger partial charge in [0.2, 0.25) is 0 Å². The van der Waals surface area contributed by atoms with Crippen molar-refractivity contribution in [2.45, 2.75) is 20.0 Å². The molecule has 0 fully saturated rings. The van der Waals surface area contributed by atoms with Gasteiger partial charge in [-0.2, -0.15) is 0 Å². The summed E-state index contributed by atoms with van der Waals surface area (Å²) in [4.78, 5) is 11.1. The number of carbonyl (C=O) groups is 1. The standard InChI is InChI=1S/C11H13FO3/c1-7-6-9(12)4-5-10(7)15-8(2)11(13)14-3/h4-6,8H,1-3H3. The summed E-state index contributed by atoms with van der Waals surface area (Å²) < 4.78 is 22.6. The van der Waals surface area contributed by atoms with E-state index in [0.29, 0.717) is 11.3 Å². The van der Waals surface area contributed by atoms with Gasteiger partial charge in [0, 0.05) is 0 Å². The molecule has 0 N–H and O–H groups in total. The number of hydrogen-bond donors (Lipinski definition) is 0. The zero-order chi connectivity index (χ0) is 11.4. The molecular formula is C11H13FO3. The first-order valence-corrected chi connectivity index (χ1v) is 4.55. The summed E-state index contributed by atoms with van der Waals surface area (Å²) in [6.07, 6.45) is -0.695. The molecule has 0 saturated heterocycles. The Balaban J connectivity index is 2.76. The Labute approximate surface area is 87.8 Å². The first-order chi connectivity index (χ1) is 7.04. The Morgan fingerprint density at radius 2 is 2.13 bits per heavy atom. The minimum atomic E-state index is -0.695. The maximum absolute atomic E-state index is 12.8. The molecule has 0 heterocycles. The number of methoxy groups -OCH3 is 1. The van der Waals surface area contributed by atoms with Crippen molar-refractivity contribution in [3.8, 4) is 5.75 Å². The highest BCUT2D eigenvalue weighted by Gasteiger charge is 2.15. The van der Waals surface area contributed by atoms with Crippen molar-refractivity contribution in [3.63, 3.8) is 0 Å². The molecule has 0 spiro atoms. The third kappa shape index (κ3) is 2.94. The summed E-state index contributed by atoms with van der Waals surface area (Å²) >= 11 is 0. The summed E-state index contributed by atoms with van der Waals surface area (Å²) in [5.74, 6) is -0.307. The SMILES string of the molecule is COC(=O)C(C)Oc1ccc(F)cc1C. The van der Waals surface area contributed by atoms with E-state index in [0.717, 1.165) is 0 Å². The van der Waals surface area contributed by atoms with Crippen LogP contribution in [-0.4, -0.2) is 19.2 Å². The number of hydrogen-bond acceptors (Lipinski definition) is 3. The number of halogens is 1. The topological polar surface area (TPSA) is 35.5 Å².